The van der Waals surface area contributed by atoms with Crippen LogP contribution in [0.15, 0.2) is 60.7 Å². The molecule has 0 aliphatic rings. The lowest BCUT2D eigenvalue weighted by Gasteiger charge is -2.14. The molecule has 4 rings (SSSR count). The van der Waals surface area contributed by atoms with Crippen molar-refractivity contribution in [3.8, 4) is 11.6 Å². The molecule has 0 bridgehead atoms. The molecule has 0 aliphatic carbocycles. The van der Waals surface area contributed by atoms with E-state index in [2.05, 4.69) is 5.10 Å². The van der Waals surface area contributed by atoms with Gasteiger partial charge in [-0.1, -0.05) is 59.6 Å². The summed E-state index contributed by atoms with van der Waals surface area (Å²) in [6.07, 6.45) is 1.31. The van der Waals surface area contributed by atoms with E-state index in [1.165, 1.54) is 0 Å². The Morgan fingerprint density at radius 1 is 1.08 bits per heavy atom. The number of aryl methyl sites for hydroxylation is 1. The van der Waals surface area contributed by atoms with Gasteiger partial charge in [0.1, 0.15) is 5.75 Å². The Balaban J connectivity index is 1.48. The van der Waals surface area contributed by atoms with Gasteiger partial charge in [-0.25, -0.2) is 0 Å². The molecule has 0 spiro atoms. The van der Waals surface area contributed by atoms with Crippen molar-refractivity contribution in [2.24, 2.45) is 0 Å². The first-order valence-corrected chi connectivity index (χ1v) is 12.6. The van der Waals surface area contributed by atoms with Gasteiger partial charge in [-0.2, -0.15) is 0 Å². The molecule has 3 aromatic carbocycles. The van der Waals surface area contributed by atoms with Crippen molar-refractivity contribution in [3.05, 3.63) is 87.5 Å². The Kier molecular flexibility index (Phi) is 8.39. The highest BCUT2D eigenvalue weighted by molar-refractivity contribution is 6.35. The first-order valence-electron chi connectivity index (χ1n) is 11.8. The quantitative estimate of drug-likeness (QED) is 0.217. The van der Waals surface area contributed by atoms with E-state index in [0.717, 1.165) is 22.0 Å². The number of carbonyl (C=O) groups is 1. The molecule has 0 amide bonds. The van der Waals surface area contributed by atoms with Crippen LogP contribution in [0.25, 0.3) is 10.8 Å². The molecule has 0 atom stereocenters. The fraction of sp³-hybridized carbons (Fsp3) is 0.286. The Morgan fingerprint density at radius 3 is 2.64 bits per heavy atom. The highest BCUT2D eigenvalue weighted by Crippen LogP contribution is 2.29. The molecule has 0 fully saturated rings. The molecule has 188 valence electrons. The number of halogens is 2. The summed E-state index contributed by atoms with van der Waals surface area (Å²) >= 11 is 12.4. The fourth-order valence-corrected chi connectivity index (χ4v) is 4.57. The number of aromatic nitrogens is 2. The van der Waals surface area contributed by atoms with Crippen molar-refractivity contribution in [1.29, 1.82) is 0 Å². The summed E-state index contributed by atoms with van der Waals surface area (Å²) < 4.78 is 13.8. The smallest absolute Gasteiger partial charge is 0.307 e. The summed E-state index contributed by atoms with van der Waals surface area (Å²) in [4.78, 5) is 11.5. The van der Waals surface area contributed by atoms with Crippen LogP contribution in [-0.2, 0) is 24.2 Å². The zero-order chi connectivity index (χ0) is 25.7. The summed E-state index contributed by atoms with van der Waals surface area (Å²) in [6, 6.07) is 18.9. The highest BCUT2D eigenvalue weighted by Gasteiger charge is 2.15. The maximum Gasteiger partial charge on any atom is 0.307 e. The Labute approximate surface area is 220 Å². The maximum absolute atomic E-state index is 11.5. The van der Waals surface area contributed by atoms with Crippen LogP contribution in [0.2, 0.25) is 10.0 Å². The average molecular weight is 527 g/mol. The minimum Gasteiger partial charge on any atom is -0.493 e. The van der Waals surface area contributed by atoms with Crippen LogP contribution in [0.3, 0.4) is 0 Å². The van der Waals surface area contributed by atoms with E-state index in [0.29, 0.717) is 53.2 Å². The summed E-state index contributed by atoms with van der Waals surface area (Å²) in [6.45, 7) is 4.83. The van der Waals surface area contributed by atoms with Crippen molar-refractivity contribution in [2.45, 2.75) is 45.8 Å². The topological polar surface area (TPSA) is 73.6 Å². The third-order valence-corrected chi connectivity index (χ3v) is 6.28. The van der Waals surface area contributed by atoms with E-state index in [9.17, 15) is 9.90 Å². The zero-order valence-corrected chi connectivity index (χ0v) is 21.7. The third kappa shape index (κ3) is 6.50. The Hall–Kier alpha value is -3.22. The van der Waals surface area contributed by atoms with Crippen LogP contribution in [0.1, 0.15) is 37.1 Å². The van der Waals surface area contributed by atoms with Crippen LogP contribution in [0.4, 0.5) is 0 Å². The molecule has 1 N–H and O–H groups in total. The Morgan fingerprint density at radius 2 is 1.89 bits per heavy atom. The fourth-order valence-electron chi connectivity index (χ4n) is 4.10. The van der Waals surface area contributed by atoms with Crippen LogP contribution >= 0.6 is 23.2 Å². The first kappa shape index (κ1) is 25.9. The van der Waals surface area contributed by atoms with Gasteiger partial charge in [0.2, 0.25) is 5.88 Å². The molecule has 0 aliphatic heterocycles. The lowest BCUT2D eigenvalue weighted by Crippen LogP contribution is -2.10. The summed E-state index contributed by atoms with van der Waals surface area (Å²) in [7, 11) is 0. The van der Waals surface area contributed by atoms with Crippen LogP contribution < -0.4 is 9.47 Å². The van der Waals surface area contributed by atoms with Crippen molar-refractivity contribution < 1.29 is 19.4 Å². The molecular weight excluding hydrogens is 499 g/mol. The molecule has 36 heavy (non-hydrogen) atoms. The standard InChI is InChI=1S/C28H28Cl2N2O4/c1-18(2)36-27-15-22(32(31-27)17-20-9-11-21(29)14-25(20)30)7-5-13-35-26-12-10-19-6-3-4-8-23(19)24(26)16-28(33)34/h3-4,6,8-12,14-15,18H,5,7,13,16-17H2,1-2H3,(H,33,34). The number of carboxylic acids is 1. The van der Waals surface area contributed by atoms with Crippen LogP contribution in [-0.4, -0.2) is 33.6 Å². The van der Waals surface area contributed by atoms with E-state index in [4.69, 9.17) is 32.7 Å². The van der Waals surface area contributed by atoms with Gasteiger partial charge < -0.3 is 14.6 Å². The second kappa shape index (κ2) is 11.7. The monoisotopic (exact) mass is 526 g/mol. The van der Waals surface area contributed by atoms with Crippen LogP contribution in [0.5, 0.6) is 11.6 Å². The number of hydrogen-bond acceptors (Lipinski definition) is 4. The van der Waals surface area contributed by atoms with Gasteiger partial charge in [-0.3, -0.25) is 9.48 Å². The minimum absolute atomic E-state index is 0.00390. The molecule has 8 heteroatoms. The third-order valence-electron chi connectivity index (χ3n) is 5.69. The van der Waals surface area contributed by atoms with Crippen molar-refractivity contribution in [1.82, 2.24) is 9.78 Å². The predicted molar refractivity (Wildman–Crippen MR) is 143 cm³/mol. The van der Waals surface area contributed by atoms with E-state index < -0.39 is 5.97 Å². The van der Waals surface area contributed by atoms with Gasteiger partial charge in [-0.05, 0) is 61.2 Å². The number of hydrogen-bond donors (Lipinski definition) is 1. The van der Waals surface area contributed by atoms with E-state index >= 15 is 0 Å². The summed E-state index contributed by atoms with van der Waals surface area (Å²) in [5, 5.41) is 17.1. The molecule has 4 aromatic rings. The van der Waals surface area contributed by atoms with Gasteiger partial charge in [-0.15, -0.1) is 5.10 Å². The van der Waals surface area contributed by atoms with Crippen molar-refractivity contribution >= 4 is 39.9 Å². The molecule has 1 aromatic heterocycles. The van der Waals surface area contributed by atoms with E-state index in [-0.39, 0.29) is 12.5 Å². The first-order chi connectivity index (χ1) is 17.3. The lowest BCUT2D eigenvalue weighted by molar-refractivity contribution is -0.136. The number of aliphatic carboxylic acids is 1. The molecule has 6 nitrogen and oxygen atoms in total. The number of nitrogens with zero attached hydrogens (tertiary/aromatic N) is 2. The van der Waals surface area contributed by atoms with Gasteiger partial charge >= 0.3 is 5.97 Å². The number of carboxylic acid groups (broad SMARTS) is 1. The second-order valence-electron chi connectivity index (χ2n) is 8.82. The maximum atomic E-state index is 11.5. The van der Waals surface area contributed by atoms with Gasteiger partial charge in [0.05, 0.1) is 25.7 Å². The van der Waals surface area contributed by atoms with E-state index in [1.807, 2.05) is 73.1 Å². The van der Waals surface area contributed by atoms with Gasteiger partial charge in [0.15, 0.2) is 0 Å². The molecular formula is C28H28Cl2N2O4. The number of rotatable bonds is 11. The van der Waals surface area contributed by atoms with Gasteiger partial charge in [0, 0.05) is 27.4 Å². The normalized spacial score (nSPS) is 11.2. The minimum atomic E-state index is -0.890. The molecule has 0 radical (unpaired) electrons. The SMILES string of the molecule is CC(C)Oc1cc(CCCOc2ccc3ccccc3c2CC(=O)O)n(Cc2ccc(Cl)cc2Cl)n1. The molecule has 0 saturated heterocycles. The molecule has 1 heterocycles. The number of ether oxygens (including phenoxy) is 2. The predicted octanol–water partition coefficient (Wildman–Crippen LogP) is 6.82. The zero-order valence-electron chi connectivity index (χ0n) is 20.2. The molecule has 0 unspecified atom stereocenters. The summed E-state index contributed by atoms with van der Waals surface area (Å²) in [5.41, 5.74) is 2.59. The highest BCUT2D eigenvalue weighted by atomic mass is 35.5. The lowest BCUT2D eigenvalue weighted by atomic mass is 10.0. The number of benzene rings is 3. The largest absolute Gasteiger partial charge is 0.493 e. The van der Waals surface area contributed by atoms with E-state index in [1.54, 1.807) is 6.07 Å². The van der Waals surface area contributed by atoms with Crippen molar-refractivity contribution in [2.75, 3.05) is 6.61 Å². The Bertz CT molecular complexity index is 1370. The average Bonchev–Trinajstić information content (AvgIpc) is 3.19. The van der Waals surface area contributed by atoms with Crippen LogP contribution in [0, 0.1) is 0 Å². The number of fused-ring (bicyclic) bond motifs is 1. The van der Waals surface area contributed by atoms with Gasteiger partial charge in [0.25, 0.3) is 0 Å². The van der Waals surface area contributed by atoms with Crippen molar-refractivity contribution in [3.63, 3.8) is 0 Å². The summed E-state index contributed by atoms with van der Waals surface area (Å²) in [5.74, 6) is 0.268. The molecule has 0 saturated carbocycles. The second-order valence-corrected chi connectivity index (χ2v) is 9.66.